The first-order valence-electron chi connectivity index (χ1n) is 6.90. The number of hydrogen-bond donors (Lipinski definition) is 1. The van der Waals surface area contributed by atoms with Gasteiger partial charge in [0.05, 0.1) is 25.7 Å². The van der Waals surface area contributed by atoms with Crippen LogP contribution in [-0.2, 0) is 6.42 Å². The lowest BCUT2D eigenvalue weighted by atomic mass is 10.0. The molecule has 1 aromatic carbocycles. The van der Waals surface area contributed by atoms with Crippen LogP contribution in [0.3, 0.4) is 0 Å². The molecule has 1 heterocycles. The van der Waals surface area contributed by atoms with Crippen molar-refractivity contribution in [1.82, 2.24) is 0 Å². The maximum Gasteiger partial charge on any atom is 0.161 e. The van der Waals surface area contributed by atoms with E-state index in [-0.39, 0.29) is 6.04 Å². The van der Waals surface area contributed by atoms with Crippen molar-refractivity contribution < 1.29 is 13.9 Å². The van der Waals surface area contributed by atoms with Crippen molar-refractivity contribution >= 4 is 0 Å². The van der Waals surface area contributed by atoms with Crippen LogP contribution in [0.15, 0.2) is 41.2 Å². The van der Waals surface area contributed by atoms with E-state index >= 15 is 0 Å². The van der Waals surface area contributed by atoms with Crippen LogP contribution in [0, 0.1) is 0 Å². The molecule has 4 heteroatoms. The van der Waals surface area contributed by atoms with Gasteiger partial charge in [0.25, 0.3) is 0 Å². The topological polar surface area (TPSA) is 57.6 Å². The van der Waals surface area contributed by atoms with Crippen LogP contribution in [0.2, 0.25) is 0 Å². The molecular formula is C16H21NO3. The first-order valence-corrected chi connectivity index (χ1v) is 6.90. The molecule has 2 N–H and O–H groups in total. The van der Waals surface area contributed by atoms with Crippen LogP contribution in [0.1, 0.15) is 31.0 Å². The van der Waals surface area contributed by atoms with Crippen molar-refractivity contribution in [3.63, 3.8) is 0 Å². The van der Waals surface area contributed by atoms with Gasteiger partial charge in [-0.3, -0.25) is 0 Å². The van der Waals surface area contributed by atoms with Crippen LogP contribution in [0.25, 0.3) is 0 Å². The second-order valence-electron chi connectivity index (χ2n) is 4.51. The first-order chi connectivity index (χ1) is 9.74. The Morgan fingerprint density at radius 2 is 1.85 bits per heavy atom. The molecule has 0 spiro atoms. The van der Waals surface area contributed by atoms with Gasteiger partial charge in [-0.05, 0) is 49.6 Å². The van der Waals surface area contributed by atoms with Crippen molar-refractivity contribution in [2.45, 2.75) is 26.3 Å². The number of hydrogen-bond acceptors (Lipinski definition) is 4. The van der Waals surface area contributed by atoms with Gasteiger partial charge in [-0.2, -0.15) is 0 Å². The fourth-order valence-electron chi connectivity index (χ4n) is 2.08. The van der Waals surface area contributed by atoms with Gasteiger partial charge in [0.2, 0.25) is 0 Å². The molecule has 2 aromatic rings. The summed E-state index contributed by atoms with van der Waals surface area (Å²) in [4.78, 5) is 0. The quantitative estimate of drug-likeness (QED) is 0.842. The third-order valence-electron chi connectivity index (χ3n) is 3.03. The molecule has 1 aromatic heterocycles. The average Bonchev–Trinajstić information content (AvgIpc) is 2.94. The number of ether oxygens (including phenoxy) is 2. The maximum absolute atomic E-state index is 6.24. The van der Waals surface area contributed by atoms with Crippen molar-refractivity contribution in [3.05, 3.63) is 47.9 Å². The van der Waals surface area contributed by atoms with Gasteiger partial charge in [0, 0.05) is 6.04 Å². The van der Waals surface area contributed by atoms with Crippen molar-refractivity contribution in [2.75, 3.05) is 13.2 Å². The fourth-order valence-corrected chi connectivity index (χ4v) is 2.08. The summed E-state index contributed by atoms with van der Waals surface area (Å²) in [6, 6.07) is 7.69. The van der Waals surface area contributed by atoms with Gasteiger partial charge >= 0.3 is 0 Å². The van der Waals surface area contributed by atoms with Crippen molar-refractivity contribution in [3.8, 4) is 11.5 Å². The normalized spacial score (nSPS) is 12.2. The third-order valence-corrected chi connectivity index (χ3v) is 3.03. The van der Waals surface area contributed by atoms with Gasteiger partial charge in [-0.25, -0.2) is 0 Å². The Hall–Kier alpha value is -1.94. The van der Waals surface area contributed by atoms with E-state index in [1.54, 1.807) is 12.5 Å². The molecule has 4 nitrogen and oxygen atoms in total. The fraction of sp³-hybridized carbons (Fsp3) is 0.375. The molecule has 1 unspecified atom stereocenters. The Labute approximate surface area is 119 Å². The summed E-state index contributed by atoms with van der Waals surface area (Å²) in [7, 11) is 0. The van der Waals surface area contributed by atoms with Crippen LogP contribution in [-0.4, -0.2) is 13.2 Å². The van der Waals surface area contributed by atoms with Crippen LogP contribution in [0.5, 0.6) is 11.5 Å². The number of furan rings is 1. The average molecular weight is 275 g/mol. The molecule has 0 bridgehead atoms. The summed E-state index contributed by atoms with van der Waals surface area (Å²) in [6.07, 6.45) is 4.11. The Kier molecular flexibility index (Phi) is 5.07. The summed E-state index contributed by atoms with van der Waals surface area (Å²) < 4.78 is 16.2. The van der Waals surface area contributed by atoms with E-state index in [2.05, 4.69) is 0 Å². The number of benzene rings is 1. The zero-order chi connectivity index (χ0) is 14.4. The van der Waals surface area contributed by atoms with Crippen molar-refractivity contribution in [2.24, 2.45) is 5.73 Å². The molecule has 0 radical (unpaired) electrons. The Balaban J connectivity index is 2.16. The number of nitrogens with two attached hydrogens (primary N) is 1. The third kappa shape index (κ3) is 3.54. The molecule has 0 fully saturated rings. The lowest BCUT2D eigenvalue weighted by molar-refractivity contribution is 0.287. The molecule has 0 aliphatic carbocycles. The smallest absolute Gasteiger partial charge is 0.161 e. The second-order valence-corrected chi connectivity index (χ2v) is 4.51. The molecule has 108 valence electrons. The minimum absolute atomic E-state index is 0.0949. The molecule has 2 rings (SSSR count). The summed E-state index contributed by atoms with van der Waals surface area (Å²) >= 11 is 0. The second kappa shape index (κ2) is 7.01. The Morgan fingerprint density at radius 1 is 1.10 bits per heavy atom. The summed E-state index contributed by atoms with van der Waals surface area (Å²) in [5.41, 5.74) is 8.35. The van der Waals surface area contributed by atoms with E-state index in [0.717, 1.165) is 29.0 Å². The monoisotopic (exact) mass is 275 g/mol. The minimum Gasteiger partial charge on any atom is -0.490 e. The van der Waals surface area contributed by atoms with Crippen LogP contribution < -0.4 is 15.2 Å². The summed E-state index contributed by atoms with van der Waals surface area (Å²) in [5.74, 6) is 1.50. The predicted octanol–water partition coefficient (Wildman–Crippen LogP) is 3.32. The first kappa shape index (κ1) is 14.5. The lowest BCUT2D eigenvalue weighted by Gasteiger charge is -2.15. The van der Waals surface area contributed by atoms with E-state index in [9.17, 15) is 0 Å². The highest BCUT2D eigenvalue weighted by Crippen LogP contribution is 2.31. The van der Waals surface area contributed by atoms with Gasteiger partial charge in [0.15, 0.2) is 11.5 Å². The molecule has 0 amide bonds. The molecule has 20 heavy (non-hydrogen) atoms. The highest BCUT2D eigenvalue weighted by atomic mass is 16.5. The summed E-state index contributed by atoms with van der Waals surface area (Å²) in [6.45, 7) is 5.11. The molecule has 0 aliphatic rings. The van der Waals surface area contributed by atoms with E-state index in [1.165, 1.54) is 0 Å². The Morgan fingerprint density at radius 3 is 2.50 bits per heavy atom. The van der Waals surface area contributed by atoms with Crippen LogP contribution in [0.4, 0.5) is 0 Å². The number of rotatable bonds is 7. The van der Waals surface area contributed by atoms with Gasteiger partial charge in [0.1, 0.15) is 0 Å². The summed E-state index contributed by atoms with van der Waals surface area (Å²) in [5, 5.41) is 0. The lowest BCUT2D eigenvalue weighted by Crippen LogP contribution is -2.13. The van der Waals surface area contributed by atoms with E-state index in [0.29, 0.717) is 13.2 Å². The minimum atomic E-state index is -0.0949. The van der Waals surface area contributed by atoms with E-state index < -0.39 is 0 Å². The zero-order valence-electron chi connectivity index (χ0n) is 12.0. The van der Waals surface area contributed by atoms with Gasteiger partial charge in [-0.1, -0.05) is 6.07 Å². The molecule has 1 atom stereocenters. The maximum atomic E-state index is 6.24. The predicted molar refractivity (Wildman–Crippen MR) is 78.1 cm³/mol. The van der Waals surface area contributed by atoms with Crippen molar-refractivity contribution in [1.29, 1.82) is 0 Å². The largest absolute Gasteiger partial charge is 0.490 e. The van der Waals surface area contributed by atoms with E-state index in [4.69, 9.17) is 19.6 Å². The molecule has 0 aliphatic heterocycles. The van der Waals surface area contributed by atoms with Crippen LogP contribution >= 0.6 is 0 Å². The van der Waals surface area contributed by atoms with Gasteiger partial charge in [-0.15, -0.1) is 0 Å². The highest BCUT2D eigenvalue weighted by molar-refractivity contribution is 5.44. The molecule has 0 saturated carbocycles. The standard InChI is InChI=1S/C16H21NO3/c1-3-19-15-6-5-13(10-16(15)20-4-2)14(17)9-12-7-8-18-11-12/h5-8,10-11,14H,3-4,9,17H2,1-2H3. The SMILES string of the molecule is CCOc1ccc(C(N)Cc2ccoc2)cc1OCC. The highest BCUT2D eigenvalue weighted by Gasteiger charge is 2.12. The van der Waals surface area contributed by atoms with E-state index in [1.807, 2.05) is 38.1 Å². The zero-order valence-corrected chi connectivity index (χ0v) is 12.0. The van der Waals surface area contributed by atoms with Gasteiger partial charge < -0.3 is 19.6 Å². The molecular weight excluding hydrogens is 254 g/mol. The Bertz CT molecular complexity index is 523. The molecule has 0 saturated heterocycles.